The summed E-state index contributed by atoms with van der Waals surface area (Å²) in [5.74, 6) is 1.51. The highest BCUT2D eigenvalue weighted by Gasteiger charge is 2.06. The van der Waals surface area contributed by atoms with Crippen LogP contribution in [0.15, 0.2) is 42.5 Å². The second-order valence-corrected chi connectivity index (χ2v) is 4.88. The molecule has 0 aliphatic rings. The zero-order chi connectivity index (χ0) is 13.4. The Labute approximate surface area is 116 Å². The van der Waals surface area contributed by atoms with E-state index in [1.165, 1.54) is 0 Å². The molecule has 1 heterocycles. The second-order valence-electron chi connectivity index (χ2n) is 4.45. The molecular formula is C15H13ClN2O. The third-order valence-electron chi connectivity index (χ3n) is 3.04. The first-order valence-corrected chi connectivity index (χ1v) is 6.38. The Bertz CT molecular complexity index is 749. The van der Waals surface area contributed by atoms with Gasteiger partial charge in [-0.3, -0.25) is 4.68 Å². The van der Waals surface area contributed by atoms with Gasteiger partial charge in [0, 0.05) is 17.5 Å². The zero-order valence-corrected chi connectivity index (χ0v) is 11.5. The number of halogens is 1. The molecule has 4 heteroatoms. The van der Waals surface area contributed by atoms with Crippen LogP contribution in [0.1, 0.15) is 5.69 Å². The fourth-order valence-corrected chi connectivity index (χ4v) is 2.33. The molecule has 3 rings (SSSR count). The molecule has 0 aliphatic carbocycles. The third-order valence-corrected chi connectivity index (χ3v) is 3.27. The highest BCUT2D eigenvalue weighted by molar-refractivity contribution is 6.30. The van der Waals surface area contributed by atoms with Gasteiger partial charge in [-0.15, -0.1) is 0 Å². The number of hydrogen-bond donors (Lipinski definition) is 0. The molecule has 3 nitrogen and oxygen atoms in total. The predicted molar refractivity (Wildman–Crippen MR) is 77.0 cm³/mol. The van der Waals surface area contributed by atoms with Gasteiger partial charge in [0.2, 0.25) is 0 Å². The molecule has 0 aliphatic heterocycles. The monoisotopic (exact) mass is 272 g/mol. The van der Waals surface area contributed by atoms with Crippen molar-refractivity contribution in [2.24, 2.45) is 7.05 Å². The Balaban J connectivity index is 2.00. The first-order valence-electron chi connectivity index (χ1n) is 6.00. The average Bonchev–Trinajstić information content (AvgIpc) is 2.65. The molecular weight excluding hydrogens is 260 g/mol. The minimum atomic E-state index is 0.663. The van der Waals surface area contributed by atoms with Gasteiger partial charge < -0.3 is 4.74 Å². The Morgan fingerprint density at radius 3 is 2.68 bits per heavy atom. The molecule has 0 amide bonds. The van der Waals surface area contributed by atoms with E-state index < -0.39 is 0 Å². The van der Waals surface area contributed by atoms with E-state index in [0.717, 1.165) is 28.1 Å². The fraction of sp³-hybridized carbons (Fsp3) is 0.133. The van der Waals surface area contributed by atoms with Gasteiger partial charge in [0.15, 0.2) is 0 Å². The molecule has 0 saturated carbocycles. The van der Waals surface area contributed by atoms with Gasteiger partial charge in [0.05, 0.1) is 11.2 Å². The van der Waals surface area contributed by atoms with Gasteiger partial charge in [-0.2, -0.15) is 5.10 Å². The lowest BCUT2D eigenvalue weighted by molar-refractivity contribution is 0.483. The van der Waals surface area contributed by atoms with Gasteiger partial charge in [0.1, 0.15) is 11.5 Å². The quantitative estimate of drug-likeness (QED) is 0.694. The minimum absolute atomic E-state index is 0.663. The highest BCUT2D eigenvalue weighted by Crippen LogP contribution is 2.28. The van der Waals surface area contributed by atoms with Crippen LogP contribution in [-0.2, 0) is 7.05 Å². The number of nitrogens with zero attached hydrogens (tertiary/aromatic N) is 2. The van der Waals surface area contributed by atoms with E-state index in [2.05, 4.69) is 5.10 Å². The summed E-state index contributed by atoms with van der Waals surface area (Å²) in [4.78, 5) is 0. The predicted octanol–water partition coefficient (Wildman–Crippen LogP) is 4.33. The van der Waals surface area contributed by atoms with Crippen LogP contribution in [-0.4, -0.2) is 9.78 Å². The lowest BCUT2D eigenvalue weighted by atomic mass is 10.2. The van der Waals surface area contributed by atoms with Crippen molar-refractivity contribution >= 4 is 22.5 Å². The van der Waals surface area contributed by atoms with Crippen LogP contribution >= 0.6 is 11.6 Å². The summed E-state index contributed by atoms with van der Waals surface area (Å²) < 4.78 is 7.68. The highest BCUT2D eigenvalue weighted by atomic mass is 35.5. The number of aromatic nitrogens is 2. The number of hydrogen-bond acceptors (Lipinski definition) is 2. The average molecular weight is 273 g/mol. The molecule has 0 fully saturated rings. The van der Waals surface area contributed by atoms with Gasteiger partial charge in [-0.25, -0.2) is 0 Å². The normalized spacial score (nSPS) is 10.9. The Kier molecular flexibility index (Phi) is 2.91. The van der Waals surface area contributed by atoms with Gasteiger partial charge >= 0.3 is 0 Å². The van der Waals surface area contributed by atoms with Gasteiger partial charge in [-0.1, -0.05) is 17.7 Å². The first kappa shape index (κ1) is 12.1. The minimum Gasteiger partial charge on any atom is -0.457 e. The van der Waals surface area contributed by atoms with Crippen LogP contribution in [0.4, 0.5) is 0 Å². The SMILES string of the molecule is Cc1nn(C)c2ccc(Oc3cccc(Cl)c3)cc12. The summed E-state index contributed by atoms with van der Waals surface area (Å²) in [7, 11) is 1.94. The van der Waals surface area contributed by atoms with E-state index >= 15 is 0 Å². The van der Waals surface area contributed by atoms with E-state index in [1.54, 1.807) is 6.07 Å². The van der Waals surface area contributed by atoms with Crippen molar-refractivity contribution < 1.29 is 4.74 Å². The molecule has 19 heavy (non-hydrogen) atoms. The molecule has 3 aromatic rings. The van der Waals surface area contributed by atoms with Crippen LogP contribution in [0.5, 0.6) is 11.5 Å². The number of fused-ring (bicyclic) bond motifs is 1. The maximum atomic E-state index is 5.94. The van der Waals surface area contributed by atoms with E-state index in [4.69, 9.17) is 16.3 Å². The number of aryl methyl sites for hydroxylation is 2. The molecule has 2 aromatic carbocycles. The summed E-state index contributed by atoms with van der Waals surface area (Å²) in [5, 5.41) is 6.15. The zero-order valence-electron chi connectivity index (χ0n) is 10.7. The summed E-state index contributed by atoms with van der Waals surface area (Å²) in [5.41, 5.74) is 2.09. The maximum absolute atomic E-state index is 5.94. The maximum Gasteiger partial charge on any atom is 0.128 e. The molecule has 0 atom stereocenters. The molecule has 0 N–H and O–H groups in total. The van der Waals surface area contributed by atoms with Crippen molar-refractivity contribution in [2.45, 2.75) is 6.92 Å². The second kappa shape index (κ2) is 4.59. The Hall–Kier alpha value is -2.00. The van der Waals surface area contributed by atoms with Crippen LogP contribution in [0.3, 0.4) is 0 Å². The molecule has 0 saturated heterocycles. The van der Waals surface area contributed by atoms with Crippen LogP contribution in [0.25, 0.3) is 10.9 Å². The topological polar surface area (TPSA) is 27.1 Å². The summed E-state index contributed by atoms with van der Waals surface area (Å²) in [6.07, 6.45) is 0. The Morgan fingerprint density at radius 1 is 1.11 bits per heavy atom. The number of ether oxygens (including phenoxy) is 1. The van der Waals surface area contributed by atoms with E-state index in [9.17, 15) is 0 Å². The summed E-state index contributed by atoms with van der Waals surface area (Å²) in [6, 6.07) is 13.3. The third kappa shape index (κ3) is 2.29. The fourth-order valence-electron chi connectivity index (χ4n) is 2.15. The molecule has 0 spiro atoms. The number of benzene rings is 2. The van der Waals surface area contributed by atoms with Crippen LogP contribution in [0.2, 0.25) is 5.02 Å². The van der Waals surface area contributed by atoms with Crippen molar-refractivity contribution in [3.8, 4) is 11.5 Å². The van der Waals surface area contributed by atoms with Crippen molar-refractivity contribution in [3.63, 3.8) is 0 Å². The smallest absolute Gasteiger partial charge is 0.128 e. The first-order chi connectivity index (χ1) is 9.13. The molecule has 0 unspecified atom stereocenters. The summed E-state index contributed by atoms with van der Waals surface area (Å²) >= 11 is 5.94. The van der Waals surface area contributed by atoms with E-state index in [-0.39, 0.29) is 0 Å². The number of rotatable bonds is 2. The van der Waals surface area contributed by atoms with Crippen molar-refractivity contribution in [1.29, 1.82) is 0 Å². The van der Waals surface area contributed by atoms with Crippen LogP contribution in [0, 0.1) is 6.92 Å². The molecule has 96 valence electrons. The summed E-state index contributed by atoms with van der Waals surface area (Å²) in [6.45, 7) is 1.99. The molecule has 1 aromatic heterocycles. The van der Waals surface area contributed by atoms with Crippen molar-refractivity contribution in [1.82, 2.24) is 9.78 Å². The van der Waals surface area contributed by atoms with Crippen molar-refractivity contribution in [2.75, 3.05) is 0 Å². The van der Waals surface area contributed by atoms with E-state index in [1.807, 2.05) is 55.1 Å². The lowest BCUT2D eigenvalue weighted by Gasteiger charge is -2.06. The van der Waals surface area contributed by atoms with Crippen LogP contribution < -0.4 is 4.74 Å². The lowest BCUT2D eigenvalue weighted by Crippen LogP contribution is -1.89. The van der Waals surface area contributed by atoms with E-state index in [0.29, 0.717) is 5.02 Å². The Morgan fingerprint density at radius 2 is 1.89 bits per heavy atom. The molecule has 0 bridgehead atoms. The van der Waals surface area contributed by atoms with Gasteiger partial charge in [0.25, 0.3) is 0 Å². The standard InChI is InChI=1S/C15H13ClN2O/c1-10-14-9-13(6-7-15(14)18(2)17-10)19-12-5-3-4-11(16)8-12/h3-9H,1-2H3. The van der Waals surface area contributed by atoms with Gasteiger partial charge in [-0.05, 0) is 43.3 Å². The van der Waals surface area contributed by atoms with Crippen molar-refractivity contribution in [3.05, 3.63) is 53.2 Å². The molecule has 0 radical (unpaired) electrons. The largest absolute Gasteiger partial charge is 0.457 e.